The number of amides is 1. The number of rotatable bonds is 7. The molecule has 2 atom stereocenters. The average Bonchev–Trinajstić information content (AvgIpc) is 2.62. The standard InChI is InChI=1S/C18H20FN3O4/c1-12(21(2)11-13-6-4-5-7-15(13)19)18(23)20-16-9-8-14(22(24)25)10-17(16)26-3/h4-10,12H,11H2,1-3H3,(H,20,23)/p+1/t12-/m0/s1. The Morgan fingerprint density at radius 1 is 1.35 bits per heavy atom. The molecule has 0 heterocycles. The highest BCUT2D eigenvalue weighted by Crippen LogP contribution is 2.28. The molecular weight excluding hydrogens is 341 g/mol. The van der Waals surface area contributed by atoms with Crippen molar-refractivity contribution in [1.29, 1.82) is 0 Å². The summed E-state index contributed by atoms with van der Waals surface area (Å²) in [7, 11) is 3.16. The van der Waals surface area contributed by atoms with Crippen LogP contribution in [0.5, 0.6) is 5.75 Å². The third-order valence-electron chi connectivity index (χ3n) is 4.21. The van der Waals surface area contributed by atoms with E-state index >= 15 is 0 Å². The van der Waals surface area contributed by atoms with E-state index in [1.807, 2.05) is 0 Å². The summed E-state index contributed by atoms with van der Waals surface area (Å²) in [4.78, 5) is 23.6. The molecule has 7 nitrogen and oxygen atoms in total. The van der Waals surface area contributed by atoms with Gasteiger partial charge < -0.3 is 15.0 Å². The third-order valence-corrected chi connectivity index (χ3v) is 4.21. The number of carbonyl (C=O) groups is 1. The number of benzene rings is 2. The number of nitrogens with zero attached hydrogens (tertiary/aromatic N) is 1. The van der Waals surface area contributed by atoms with Gasteiger partial charge in [0, 0.05) is 11.6 Å². The monoisotopic (exact) mass is 362 g/mol. The lowest BCUT2D eigenvalue weighted by Gasteiger charge is -2.21. The molecule has 0 saturated heterocycles. The van der Waals surface area contributed by atoms with Gasteiger partial charge >= 0.3 is 0 Å². The van der Waals surface area contributed by atoms with Crippen LogP contribution in [0.2, 0.25) is 0 Å². The fourth-order valence-electron chi connectivity index (χ4n) is 2.46. The number of nitro benzene ring substituents is 1. The number of carbonyl (C=O) groups excluding carboxylic acids is 1. The molecule has 1 unspecified atom stereocenters. The number of hydrogen-bond acceptors (Lipinski definition) is 4. The molecule has 0 aliphatic rings. The van der Waals surface area contributed by atoms with E-state index in [1.54, 1.807) is 32.2 Å². The molecule has 0 spiro atoms. The van der Waals surface area contributed by atoms with Crippen molar-refractivity contribution < 1.29 is 23.7 Å². The summed E-state index contributed by atoms with van der Waals surface area (Å²) >= 11 is 0. The Bertz CT molecular complexity index is 813. The quantitative estimate of drug-likeness (QED) is 0.581. The van der Waals surface area contributed by atoms with Gasteiger partial charge in [-0.25, -0.2) is 4.39 Å². The Labute approximate surface area is 150 Å². The fraction of sp³-hybridized carbons (Fsp3) is 0.278. The number of likely N-dealkylation sites (N-methyl/N-ethyl adjacent to an activating group) is 1. The maximum absolute atomic E-state index is 13.8. The van der Waals surface area contributed by atoms with Gasteiger partial charge in [0.05, 0.1) is 30.8 Å². The van der Waals surface area contributed by atoms with Crippen molar-refractivity contribution in [1.82, 2.24) is 0 Å². The van der Waals surface area contributed by atoms with E-state index in [4.69, 9.17) is 4.74 Å². The van der Waals surface area contributed by atoms with Crippen LogP contribution in [0.3, 0.4) is 0 Å². The fourth-order valence-corrected chi connectivity index (χ4v) is 2.46. The molecule has 0 fully saturated rings. The normalized spacial score (nSPS) is 12.9. The molecule has 0 bridgehead atoms. The molecular formula is C18H21FN3O4+. The van der Waals surface area contributed by atoms with E-state index in [9.17, 15) is 19.3 Å². The molecule has 1 amide bonds. The summed E-state index contributed by atoms with van der Waals surface area (Å²) in [5.74, 6) is -0.408. The molecule has 2 aromatic rings. The zero-order chi connectivity index (χ0) is 19.3. The van der Waals surface area contributed by atoms with E-state index in [-0.39, 0.29) is 23.2 Å². The van der Waals surface area contributed by atoms with Crippen LogP contribution in [0, 0.1) is 15.9 Å². The molecule has 0 aliphatic heterocycles. The highest BCUT2D eigenvalue weighted by molar-refractivity contribution is 5.95. The lowest BCUT2D eigenvalue weighted by atomic mass is 10.1. The van der Waals surface area contributed by atoms with Crippen molar-refractivity contribution in [2.45, 2.75) is 19.5 Å². The summed E-state index contributed by atoms with van der Waals surface area (Å²) in [5.41, 5.74) is 0.737. The van der Waals surface area contributed by atoms with Gasteiger partial charge in [0.15, 0.2) is 6.04 Å². The van der Waals surface area contributed by atoms with Crippen LogP contribution in [0.4, 0.5) is 15.8 Å². The van der Waals surface area contributed by atoms with Gasteiger partial charge in [-0.05, 0) is 19.1 Å². The number of non-ortho nitro benzene ring substituents is 1. The zero-order valence-corrected chi connectivity index (χ0v) is 14.8. The molecule has 8 heteroatoms. The average molecular weight is 362 g/mol. The summed E-state index contributed by atoms with van der Waals surface area (Å²) in [6, 6.07) is 9.92. The second kappa shape index (κ2) is 8.39. The molecule has 138 valence electrons. The second-order valence-electron chi connectivity index (χ2n) is 5.97. The highest BCUT2D eigenvalue weighted by Gasteiger charge is 2.24. The smallest absolute Gasteiger partial charge is 0.282 e. The van der Waals surface area contributed by atoms with Crippen LogP contribution in [-0.4, -0.2) is 31.0 Å². The number of nitrogens with one attached hydrogen (secondary N) is 2. The molecule has 2 N–H and O–H groups in total. The first kappa shape index (κ1) is 19.3. The summed E-state index contributed by atoms with van der Waals surface area (Å²) < 4.78 is 18.9. The first-order chi connectivity index (χ1) is 12.3. The van der Waals surface area contributed by atoms with Gasteiger partial charge in [0.2, 0.25) is 0 Å². The minimum Gasteiger partial charge on any atom is -0.494 e. The Kier molecular flexibility index (Phi) is 6.24. The zero-order valence-electron chi connectivity index (χ0n) is 14.8. The van der Waals surface area contributed by atoms with E-state index in [2.05, 4.69) is 5.32 Å². The van der Waals surface area contributed by atoms with Crippen LogP contribution in [0.1, 0.15) is 12.5 Å². The Morgan fingerprint density at radius 3 is 2.65 bits per heavy atom. The van der Waals surface area contributed by atoms with Crippen LogP contribution >= 0.6 is 0 Å². The first-order valence-electron chi connectivity index (χ1n) is 8.02. The largest absolute Gasteiger partial charge is 0.494 e. The van der Waals surface area contributed by atoms with Crippen molar-refractivity contribution in [3.8, 4) is 5.75 Å². The van der Waals surface area contributed by atoms with Gasteiger partial charge in [-0.2, -0.15) is 0 Å². The number of hydrogen-bond donors (Lipinski definition) is 2. The highest BCUT2D eigenvalue weighted by atomic mass is 19.1. The van der Waals surface area contributed by atoms with Crippen LogP contribution in [0.25, 0.3) is 0 Å². The number of halogens is 1. The lowest BCUT2D eigenvalue weighted by molar-refractivity contribution is -0.908. The van der Waals surface area contributed by atoms with Gasteiger partial charge in [-0.15, -0.1) is 0 Å². The second-order valence-corrected chi connectivity index (χ2v) is 5.97. The predicted octanol–water partition coefficient (Wildman–Crippen LogP) is 1.78. The van der Waals surface area contributed by atoms with Crippen LogP contribution < -0.4 is 15.0 Å². The van der Waals surface area contributed by atoms with Crippen LogP contribution in [-0.2, 0) is 11.3 Å². The minimum atomic E-state index is -0.539. The van der Waals surface area contributed by atoms with E-state index in [0.717, 1.165) is 4.90 Å². The number of anilines is 1. The maximum atomic E-state index is 13.8. The third kappa shape index (κ3) is 4.54. The van der Waals surface area contributed by atoms with Gasteiger partial charge in [-0.1, -0.05) is 18.2 Å². The number of methoxy groups -OCH3 is 1. The minimum absolute atomic E-state index is 0.129. The number of nitro groups is 1. The molecule has 2 rings (SSSR count). The molecule has 0 aliphatic carbocycles. The summed E-state index contributed by atoms with van der Waals surface area (Å²) in [6.45, 7) is 2.07. The van der Waals surface area contributed by atoms with Crippen molar-refractivity contribution in [2.75, 3.05) is 19.5 Å². The van der Waals surface area contributed by atoms with Crippen molar-refractivity contribution in [2.24, 2.45) is 0 Å². The SMILES string of the molecule is COc1cc([N+](=O)[O-])ccc1NC(=O)[C@H](C)[NH+](C)Cc1ccccc1F. The first-order valence-corrected chi connectivity index (χ1v) is 8.02. The van der Waals surface area contributed by atoms with E-state index in [1.165, 1.54) is 31.4 Å². The molecule has 2 aromatic carbocycles. The maximum Gasteiger partial charge on any atom is 0.282 e. The predicted molar refractivity (Wildman–Crippen MR) is 94.7 cm³/mol. The number of quaternary nitrogens is 1. The Balaban J connectivity index is 2.09. The molecule has 0 saturated carbocycles. The molecule has 0 radical (unpaired) electrons. The molecule has 26 heavy (non-hydrogen) atoms. The van der Waals surface area contributed by atoms with Gasteiger partial charge in [0.1, 0.15) is 18.1 Å². The Morgan fingerprint density at radius 2 is 2.04 bits per heavy atom. The topological polar surface area (TPSA) is 85.9 Å². The van der Waals surface area contributed by atoms with Gasteiger partial charge in [0.25, 0.3) is 11.6 Å². The van der Waals surface area contributed by atoms with E-state index < -0.39 is 11.0 Å². The van der Waals surface area contributed by atoms with E-state index in [0.29, 0.717) is 17.8 Å². The van der Waals surface area contributed by atoms with Crippen molar-refractivity contribution in [3.05, 3.63) is 64.0 Å². The van der Waals surface area contributed by atoms with Crippen LogP contribution in [0.15, 0.2) is 42.5 Å². The Hall–Kier alpha value is -3.00. The van der Waals surface area contributed by atoms with Crippen molar-refractivity contribution in [3.63, 3.8) is 0 Å². The van der Waals surface area contributed by atoms with Crippen molar-refractivity contribution >= 4 is 17.3 Å². The summed E-state index contributed by atoms with van der Waals surface area (Å²) in [5, 5.41) is 13.5. The molecule has 0 aromatic heterocycles. The summed E-state index contributed by atoms with van der Waals surface area (Å²) in [6.07, 6.45) is 0. The number of ether oxygens (including phenoxy) is 1. The van der Waals surface area contributed by atoms with Gasteiger partial charge in [-0.3, -0.25) is 14.9 Å². The lowest BCUT2D eigenvalue weighted by Crippen LogP contribution is -3.12.